The maximum atomic E-state index is 5.83. The van der Waals surface area contributed by atoms with Crippen LogP contribution in [0.4, 0.5) is 0 Å². The van der Waals surface area contributed by atoms with E-state index in [1.807, 2.05) is 6.07 Å². The molecule has 0 aliphatic carbocycles. The summed E-state index contributed by atoms with van der Waals surface area (Å²) >= 11 is 0. The number of ether oxygens (including phenoxy) is 1. The van der Waals surface area contributed by atoms with Crippen LogP contribution in [0.25, 0.3) is 0 Å². The molecule has 0 radical (unpaired) electrons. The van der Waals surface area contributed by atoms with E-state index >= 15 is 0 Å². The van der Waals surface area contributed by atoms with Crippen molar-refractivity contribution in [3.8, 4) is 0 Å². The van der Waals surface area contributed by atoms with Gasteiger partial charge in [-0.15, -0.1) is 0 Å². The van der Waals surface area contributed by atoms with Gasteiger partial charge < -0.3 is 4.74 Å². The highest BCUT2D eigenvalue weighted by atomic mass is 31.1. The summed E-state index contributed by atoms with van der Waals surface area (Å²) in [4.78, 5) is 0. The van der Waals surface area contributed by atoms with Crippen LogP contribution in [0.1, 0.15) is 11.7 Å². The van der Waals surface area contributed by atoms with Crippen LogP contribution in [-0.2, 0) is 4.74 Å². The molecule has 3 rings (SSSR count). The first kappa shape index (κ1) is 15.9. The summed E-state index contributed by atoms with van der Waals surface area (Å²) in [6.07, 6.45) is 1.10. The fourth-order valence-corrected chi connectivity index (χ4v) is 5.20. The molecule has 23 heavy (non-hydrogen) atoms. The van der Waals surface area contributed by atoms with Gasteiger partial charge in [0.15, 0.2) is 0 Å². The minimum Gasteiger partial charge on any atom is -0.376 e. The lowest BCUT2D eigenvalue weighted by atomic mass is 10.1. The second-order valence-electron chi connectivity index (χ2n) is 5.42. The molecule has 0 heterocycles. The zero-order valence-corrected chi connectivity index (χ0v) is 14.2. The molecule has 0 aliphatic rings. The van der Waals surface area contributed by atoms with Gasteiger partial charge in [-0.3, -0.25) is 0 Å². The summed E-state index contributed by atoms with van der Waals surface area (Å²) in [6.45, 7) is 0. The molecule has 1 unspecified atom stereocenters. The summed E-state index contributed by atoms with van der Waals surface area (Å²) in [5.41, 5.74) is 1.24. The van der Waals surface area contributed by atoms with Crippen molar-refractivity contribution in [2.24, 2.45) is 0 Å². The summed E-state index contributed by atoms with van der Waals surface area (Å²) < 4.78 is 5.83. The Hall–Kier alpha value is -1.95. The summed E-state index contributed by atoms with van der Waals surface area (Å²) in [6, 6.07) is 32.1. The highest BCUT2D eigenvalue weighted by Crippen LogP contribution is 2.39. The normalized spacial score (nSPS) is 12.3. The first-order valence-electron chi connectivity index (χ1n) is 7.84. The highest BCUT2D eigenvalue weighted by Gasteiger charge is 2.20. The molecule has 3 aromatic carbocycles. The molecule has 0 spiro atoms. The van der Waals surface area contributed by atoms with E-state index in [-0.39, 0.29) is 6.10 Å². The molecule has 1 nitrogen and oxygen atoms in total. The second kappa shape index (κ2) is 8.06. The molecule has 0 N–H and O–H groups in total. The van der Waals surface area contributed by atoms with E-state index in [0.717, 1.165) is 6.16 Å². The van der Waals surface area contributed by atoms with E-state index in [0.29, 0.717) is 0 Å². The Morgan fingerprint density at radius 3 is 1.57 bits per heavy atom. The second-order valence-corrected chi connectivity index (χ2v) is 7.67. The number of hydrogen-bond donors (Lipinski definition) is 0. The molecule has 0 saturated heterocycles. The zero-order chi connectivity index (χ0) is 15.9. The molecule has 0 bridgehead atoms. The lowest BCUT2D eigenvalue weighted by molar-refractivity contribution is 0.123. The minimum absolute atomic E-state index is 0.114. The van der Waals surface area contributed by atoms with Crippen molar-refractivity contribution in [3.63, 3.8) is 0 Å². The quantitative estimate of drug-likeness (QED) is 0.607. The monoisotopic (exact) mass is 320 g/mol. The van der Waals surface area contributed by atoms with Gasteiger partial charge in [0.25, 0.3) is 0 Å². The van der Waals surface area contributed by atoms with E-state index in [1.54, 1.807) is 7.11 Å². The number of hydrogen-bond acceptors (Lipinski definition) is 1. The van der Waals surface area contributed by atoms with Gasteiger partial charge in [0.05, 0.1) is 6.10 Å². The van der Waals surface area contributed by atoms with Gasteiger partial charge in [0.2, 0.25) is 0 Å². The van der Waals surface area contributed by atoms with Crippen LogP contribution in [0.15, 0.2) is 91.0 Å². The van der Waals surface area contributed by atoms with Gasteiger partial charge in [0, 0.05) is 13.3 Å². The molecule has 0 fully saturated rings. The van der Waals surface area contributed by atoms with Crippen molar-refractivity contribution < 1.29 is 4.74 Å². The van der Waals surface area contributed by atoms with E-state index < -0.39 is 7.92 Å². The fourth-order valence-electron chi connectivity index (χ4n) is 2.73. The van der Waals surface area contributed by atoms with Crippen molar-refractivity contribution in [1.29, 1.82) is 0 Å². The smallest absolute Gasteiger partial charge is 0.0866 e. The average Bonchev–Trinajstić information content (AvgIpc) is 2.65. The maximum absolute atomic E-state index is 5.83. The largest absolute Gasteiger partial charge is 0.376 e. The van der Waals surface area contributed by atoms with Gasteiger partial charge in [0.1, 0.15) is 0 Å². The Bertz CT molecular complexity index is 658. The number of benzene rings is 3. The van der Waals surface area contributed by atoms with Crippen molar-refractivity contribution in [1.82, 2.24) is 0 Å². The number of rotatable bonds is 6. The molecule has 0 aliphatic heterocycles. The van der Waals surface area contributed by atoms with Gasteiger partial charge in [-0.05, 0) is 24.1 Å². The van der Waals surface area contributed by atoms with Crippen molar-refractivity contribution in [2.75, 3.05) is 13.3 Å². The lowest BCUT2D eigenvalue weighted by Crippen LogP contribution is -2.18. The van der Waals surface area contributed by atoms with Crippen molar-refractivity contribution >= 4 is 18.5 Å². The third kappa shape index (κ3) is 4.07. The molecule has 3 aromatic rings. The Balaban J connectivity index is 1.93. The zero-order valence-electron chi connectivity index (χ0n) is 13.3. The van der Waals surface area contributed by atoms with Crippen molar-refractivity contribution in [3.05, 3.63) is 96.6 Å². The SMILES string of the molecule is COC(CP(c1ccccc1)c1ccccc1)c1ccccc1. The van der Waals surface area contributed by atoms with E-state index in [4.69, 9.17) is 4.74 Å². The molecule has 2 heteroatoms. The molecular weight excluding hydrogens is 299 g/mol. The van der Waals surface area contributed by atoms with Crippen LogP contribution < -0.4 is 10.6 Å². The third-order valence-corrected chi connectivity index (χ3v) is 6.48. The molecule has 0 saturated carbocycles. The van der Waals surface area contributed by atoms with Crippen LogP contribution in [-0.4, -0.2) is 13.3 Å². The molecule has 0 aromatic heterocycles. The molecular formula is C21H21OP. The fraction of sp³-hybridized carbons (Fsp3) is 0.143. The van der Waals surface area contributed by atoms with E-state index in [9.17, 15) is 0 Å². The third-order valence-electron chi connectivity index (χ3n) is 3.94. The van der Waals surface area contributed by atoms with Gasteiger partial charge in [-0.1, -0.05) is 91.0 Å². The standard InChI is InChI=1S/C21H21OP/c1-22-21(18-11-5-2-6-12-18)17-23(19-13-7-3-8-14-19)20-15-9-4-10-16-20/h2-16,21H,17H2,1H3. The predicted molar refractivity (Wildman–Crippen MR) is 100 cm³/mol. The minimum atomic E-state index is -0.445. The van der Waals surface area contributed by atoms with Crippen LogP contribution in [0.2, 0.25) is 0 Å². The predicted octanol–water partition coefficient (Wildman–Crippen LogP) is 4.51. The Morgan fingerprint density at radius 1 is 0.696 bits per heavy atom. The van der Waals surface area contributed by atoms with Gasteiger partial charge >= 0.3 is 0 Å². The maximum Gasteiger partial charge on any atom is 0.0866 e. The number of methoxy groups -OCH3 is 1. The van der Waals surface area contributed by atoms with Crippen molar-refractivity contribution in [2.45, 2.75) is 6.10 Å². The van der Waals surface area contributed by atoms with Crippen LogP contribution >= 0.6 is 7.92 Å². The molecule has 116 valence electrons. The van der Waals surface area contributed by atoms with Crippen LogP contribution in [0, 0.1) is 0 Å². The first-order chi connectivity index (χ1) is 11.4. The Morgan fingerprint density at radius 2 is 1.13 bits per heavy atom. The Kier molecular flexibility index (Phi) is 5.58. The summed E-state index contributed by atoms with van der Waals surface area (Å²) in [5.74, 6) is 0. The summed E-state index contributed by atoms with van der Waals surface area (Å²) in [7, 11) is 1.36. The van der Waals surface area contributed by atoms with E-state index in [1.165, 1.54) is 16.2 Å². The van der Waals surface area contributed by atoms with E-state index in [2.05, 4.69) is 84.9 Å². The lowest BCUT2D eigenvalue weighted by Gasteiger charge is -2.24. The topological polar surface area (TPSA) is 9.23 Å². The average molecular weight is 320 g/mol. The van der Waals surface area contributed by atoms with Crippen LogP contribution in [0.5, 0.6) is 0 Å². The van der Waals surface area contributed by atoms with Crippen LogP contribution in [0.3, 0.4) is 0 Å². The Labute approximate surface area is 139 Å². The first-order valence-corrected chi connectivity index (χ1v) is 9.36. The summed E-state index contributed by atoms with van der Waals surface area (Å²) in [5, 5.41) is 2.79. The highest BCUT2D eigenvalue weighted by molar-refractivity contribution is 7.73. The van der Waals surface area contributed by atoms with Gasteiger partial charge in [-0.25, -0.2) is 0 Å². The molecule has 1 atom stereocenters. The van der Waals surface area contributed by atoms with Gasteiger partial charge in [-0.2, -0.15) is 0 Å². The molecule has 0 amide bonds.